The van der Waals surface area contributed by atoms with Crippen molar-refractivity contribution in [2.24, 2.45) is 0 Å². The number of halogens is 1. The lowest BCUT2D eigenvalue weighted by Crippen LogP contribution is -2.08. The highest BCUT2D eigenvalue weighted by molar-refractivity contribution is 9.10. The third-order valence-corrected chi connectivity index (χ3v) is 4.96. The molecule has 0 amide bonds. The molecule has 0 aliphatic heterocycles. The Balaban J connectivity index is 1.94. The number of ether oxygens (including phenoxy) is 1. The van der Waals surface area contributed by atoms with Gasteiger partial charge in [-0.1, -0.05) is 30.3 Å². The topological polar surface area (TPSA) is 48.3 Å². The molecule has 3 aromatic rings. The van der Waals surface area contributed by atoms with Gasteiger partial charge in [-0.05, 0) is 39.7 Å². The minimum Gasteiger partial charge on any atom is -0.488 e. The quantitative estimate of drug-likeness (QED) is 0.692. The lowest BCUT2D eigenvalue weighted by atomic mass is 10.2. The average molecular weight is 380 g/mol. The van der Waals surface area contributed by atoms with Crippen molar-refractivity contribution in [3.05, 3.63) is 64.8 Å². The summed E-state index contributed by atoms with van der Waals surface area (Å²) in [5.74, 6) is 0.683. The molecule has 0 saturated carbocycles. The molecule has 3 rings (SSSR count). The Labute approximate surface area is 137 Å². The van der Waals surface area contributed by atoms with Crippen LogP contribution in [-0.4, -0.2) is 18.6 Å². The van der Waals surface area contributed by atoms with Crippen molar-refractivity contribution in [2.45, 2.75) is 6.61 Å². The molecule has 22 heavy (non-hydrogen) atoms. The van der Waals surface area contributed by atoms with E-state index in [-0.39, 0.29) is 0 Å². The Bertz CT molecular complexity index is 917. The fourth-order valence-electron chi connectivity index (χ4n) is 2.25. The number of rotatable bonds is 4. The Hall–Kier alpha value is -1.79. The summed E-state index contributed by atoms with van der Waals surface area (Å²) in [6.45, 7) is 0.456. The number of aromatic nitrogens is 1. The number of benzene rings is 2. The SMILES string of the molecule is CS(=O)(=O)n1ccc2cc(OCc3ccccc3)c(Br)cc21. The Morgan fingerprint density at radius 3 is 2.55 bits per heavy atom. The molecule has 114 valence electrons. The molecule has 0 spiro atoms. The van der Waals surface area contributed by atoms with E-state index in [1.807, 2.05) is 36.4 Å². The van der Waals surface area contributed by atoms with E-state index in [9.17, 15) is 8.42 Å². The highest BCUT2D eigenvalue weighted by Crippen LogP contribution is 2.32. The van der Waals surface area contributed by atoms with Crippen LogP contribution in [-0.2, 0) is 16.6 Å². The van der Waals surface area contributed by atoms with Crippen molar-refractivity contribution in [2.75, 3.05) is 6.26 Å². The first-order valence-electron chi connectivity index (χ1n) is 6.63. The lowest BCUT2D eigenvalue weighted by Gasteiger charge is -2.09. The van der Waals surface area contributed by atoms with Crippen LogP contribution in [0.1, 0.15) is 5.56 Å². The van der Waals surface area contributed by atoms with Crippen LogP contribution in [0.15, 0.2) is 59.2 Å². The van der Waals surface area contributed by atoms with E-state index in [1.54, 1.807) is 18.3 Å². The summed E-state index contributed by atoms with van der Waals surface area (Å²) in [7, 11) is -3.32. The van der Waals surface area contributed by atoms with Gasteiger partial charge in [0.1, 0.15) is 12.4 Å². The summed E-state index contributed by atoms with van der Waals surface area (Å²) in [5, 5.41) is 0.816. The molecule has 0 atom stereocenters. The van der Waals surface area contributed by atoms with Crippen LogP contribution in [0.25, 0.3) is 10.9 Å². The maximum Gasteiger partial charge on any atom is 0.236 e. The molecule has 4 nitrogen and oxygen atoms in total. The van der Waals surface area contributed by atoms with Crippen LogP contribution >= 0.6 is 15.9 Å². The van der Waals surface area contributed by atoms with Gasteiger partial charge in [0.25, 0.3) is 0 Å². The molecule has 0 bridgehead atoms. The molecule has 0 saturated heterocycles. The third kappa shape index (κ3) is 3.03. The van der Waals surface area contributed by atoms with Crippen LogP contribution in [0, 0.1) is 0 Å². The average Bonchev–Trinajstić information content (AvgIpc) is 2.88. The molecule has 0 fully saturated rings. The summed E-state index contributed by atoms with van der Waals surface area (Å²) >= 11 is 3.44. The number of hydrogen-bond acceptors (Lipinski definition) is 3. The molecule has 0 aliphatic carbocycles. The minimum absolute atomic E-state index is 0.456. The first-order chi connectivity index (χ1) is 10.4. The molecular formula is C16H14BrNO3S. The van der Waals surface area contributed by atoms with Crippen molar-refractivity contribution in [3.63, 3.8) is 0 Å². The monoisotopic (exact) mass is 379 g/mol. The van der Waals surface area contributed by atoms with E-state index in [4.69, 9.17) is 4.74 Å². The Kier molecular flexibility index (Phi) is 3.97. The van der Waals surface area contributed by atoms with Crippen LogP contribution in [0.4, 0.5) is 0 Å². The second kappa shape index (κ2) is 5.78. The maximum atomic E-state index is 11.7. The van der Waals surface area contributed by atoms with E-state index >= 15 is 0 Å². The van der Waals surface area contributed by atoms with Crippen LogP contribution in [0.3, 0.4) is 0 Å². The summed E-state index contributed by atoms with van der Waals surface area (Å²) in [5.41, 5.74) is 1.70. The first kappa shape index (κ1) is 15.1. The maximum absolute atomic E-state index is 11.7. The molecule has 0 aliphatic rings. The van der Waals surface area contributed by atoms with Crippen molar-refractivity contribution in [3.8, 4) is 5.75 Å². The molecule has 1 heterocycles. The molecule has 0 radical (unpaired) electrons. The zero-order valence-electron chi connectivity index (χ0n) is 11.9. The van der Waals surface area contributed by atoms with Gasteiger partial charge in [0.15, 0.2) is 0 Å². The minimum atomic E-state index is -3.32. The lowest BCUT2D eigenvalue weighted by molar-refractivity contribution is 0.304. The van der Waals surface area contributed by atoms with Gasteiger partial charge in [-0.3, -0.25) is 0 Å². The van der Waals surface area contributed by atoms with E-state index in [1.165, 1.54) is 10.2 Å². The van der Waals surface area contributed by atoms with Crippen molar-refractivity contribution >= 4 is 36.9 Å². The number of fused-ring (bicyclic) bond motifs is 1. The number of hydrogen-bond donors (Lipinski definition) is 0. The smallest absolute Gasteiger partial charge is 0.236 e. The van der Waals surface area contributed by atoms with Crippen LogP contribution in [0.2, 0.25) is 0 Å². The van der Waals surface area contributed by atoms with E-state index in [2.05, 4.69) is 15.9 Å². The van der Waals surface area contributed by atoms with E-state index < -0.39 is 10.0 Å². The predicted octanol–water partition coefficient (Wildman–Crippen LogP) is 3.79. The van der Waals surface area contributed by atoms with Gasteiger partial charge in [0.2, 0.25) is 10.0 Å². The highest BCUT2D eigenvalue weighted by Gasteiger charge is 2.13. The van der Waals surface area contributed by atoms with Crippen molar-refractivity contribution in [1.82, 2.24) is 3.97 Å². The van der Waals surface area contributed by atoms with Crippen LogP contribution in [0.5, 0.6) is 5.75 Å². The highest BCUT2D eigenvalue weighted by atomic mass is 79.9. The third-order valence-electron chi connectivity index (χ3n) is 3.30. The van der Waals surface area contributed by atoms with E-state index in [0.29, 0.717) is 17.9 Å². The van der Waals surface area contributed by atoms with Crippen LogP contribution < -0.4 is 4.74 Å². The summed E-state index contributed by atoms with van der Waals surface area (Å²) < 4.78 is 31.3. The van der Waals surface area contributed by atoms with Gasteiger partial charge < -0.3 is 4.74 Å². The Morgan fingerprint density at radius 2 is 1.86 bits per heavy atom. The fourth-order valence-corrected chi connectivity index (χ4v) is 3.49. The molecule has 2 aromatic carbocycles. The summed E-state index contributed by atoms with van der Waals surface area (Å²) in [6, 6.07) is 15.2. The van der Waals surface area contributed by atoms with E-state index in [0.717, 1.165) is 15.4 Å². The van der Waals surface area contributed by atoms with Gasteiger partial charge in [-0.15, -0.1) is 0 Å². The molecule has 0 unspecified atom stereocenters. The normalized spacial score (nSPS) is 11.7. The van der Waals surface area contributed by atoms with Gasteiger partial charge in [-0.2, -0.15) is 0 Å². The largest absolute Gasteiger partial charge is 0.488 e. The molecule has 1 aromatic heterocycles. The first-order valence-corrected chi connectivity index (χ1v) is 9.27. The summed E-state index contributed by atoms with van der Waals surface area (Å²) in [4.78, 5) is 0. The molecule has 0 N–H and O–H groups in total. The fraction of sp³-hybridized carbons (Fsp3) is 0.125. The van der Waals surface area contributed by atoms with Crippen molar-refractivity contribution in [1.29, 1.82) is 0 Å². The van der Waals surface area contributed by atoms with Gasteiger partial charge in [-0.25, -0.2) is 12.4 Å². The van der Waals surface area contributed by atoms with Gasteiger partial charge >= 0.3 is 0 Å². The van der Waals surface area contributed by atoms with Gasteiger partial charge in [0, 0.05) is 11.6 Å². The standard InChI is InChI=1S/C16H14BrNO3S/c1-22(19,20)18-8-7-13-9-16(14(17)10-15(13)18)21-11-12-5-3-2-4-6-12/h2-10H,11H2,1H3. The second-order valence-corrected chi connectivity index (χ2v) is 7.70. The second-order valence-electron chi connectivity index (χ2n) is 4.99. The number of nitrogens with zero attached hydrogens (tertiary/aromatic N) is 1. The van der Waals surface area contributed by atoms with Crippen molar-refractivity contribution < 1.29 is 13.2 Å². The Morgan fingerprint density at radius 1 is 1.14 bits per heavy atom. The zero-order chi connectivity index (χ0) is 15.7. The zero-order valence-corrected chi connectivity index (χ0v) is 14.3. The predicted molar refractivity (Wildman–Crippen MR) is 90.7 cm³/mol. The van der Waals surface area contributed by atoms with Gasteiger partial charge in [0.05, 0.1) is 16.2 Å². The molecular weight excluding hydrogens is 366 g/mol. The molecule has 6 heteroatoms. The summed E-state index contributed by atoms with van der Waals surface area (Å²) in [6.07, 6.45) is 2.73.